The average Bonchev–Trinajstić information content (AvgIpc) is 2.19. The van der Waals surface area contributed by atoms with E-state index in [1.807, 2.05) is 12.1 Å². The molecule has 1 aliphatic rings. The van der Waals surface area contributed by atoms with Gasteiger partial charge in [0.2, 0.25) is 0 Å². The summed E-state index contributed by atoms with van der Waals surface area (Å²) in [6, 6.07) is 8.16. The SMILES string of the molecule is Nc1cccc(CC2CCCOC2)c1. The van der Waals surface area contributed by atoms with Gasteiger partial charge in [0.1, 0.15) is 0 Å². The summed E-state index contributed by atoms with van der Waals surface area (Å²) in [5.41, 5.74) is 7.93. The number of ether oxygens (including phenoxy) is 1. The van der Waals surface area contributed by atoms with Gasteiger partial charge >= 0.3 is 0 Å². The van der Waals surface area contributed by atoms with Gasteiger partial charge in [-0.3, -0.25) is 0 Å². The molecule has 0 aliphatic carbocycles. The van der Waals surface area contributed by atoms with E-state index in [1.165, 1.54) is 18.4 Å². The minimum absolute atomic E-state index is 0.686. The Balaban J connectivity index is 1.95. The van der Waals surface area contributed by atoms with Crippen LogP contribution in [-0.4, -0.2) is 13.2 Å². The Morgan fingerprint density at radius 2 is 2.36 bits per heavy atom. The topological polar surface area (TPSA) is 35.2 Å². The first-order valence-corrected chi connectivity index (χ1v) is 5.27. The molecular formula is C12H17NO. The second-order valence-corrected chi connectivity index (χ2v) is 4.03. The van der Waals surface area contributed by atoms with Crippen LogP contribution >= 0.6 is 0 Å². The predicted octanol–water partition coefficient (Wildman–Crippen LogP) is 2.24. The Morgan fingerprint density at radius 1 is 1.43 bits per heavy atom. The van der Waals surface area contributed by atoms with E-state index < -0.39 is 0 Å². The number of nitrogen functional groups attached to an aromatic ring is 1. The van der Waals surface area contributed by atoms with Crippen molar-refractivity contribution in [3.63, 3.8) is 0 Å². The Bertz CT molecular complexity index is 292. The van der Waals surface area contributed by atoms with Crippen molar-refractivity contribution in [1.29, 1.82) is 0 Å². The molecule has 2 rings (SSSR count). The van der Waals surface area contributed by atoms with E-state index in [-0.39, 0.29) is 0 Å². The van der Waals surface area contributed by atoms with E-state index in [4.69, 9.17) is 10.5 Å². The Morgan fingerprint density at radius 3 is 3.07 bits per heavy atom. The highest BCUT2D eigenvalue weighted by atomic mass is 16.5. The molecule has 0 spiro atoms. The third-order valence-corrected chi connectivity index (χ3v) is 2.73. The van der Waals surface area contributed by atoms with E-state index in [0.29, 0.717) is 5.92 Å². The summed E-state index contributed by atoms with van der Waals surface area (Å²) in [5.74, 6) is 0.686. The normalized spacial score (nSPS) is 22.1. The van der Waals surface area contributed by atoms with E-state index in [2.05, 4.69) is 12.1 Å². The van der Waals surface area contributed by atoms with Crippen molar-refractivity contribution < 1.29 is 4.74 Å². The molecule has 2 nitrogen and oxygen atoms in total. The average molecular weight is 191 g/mol. The van der Waals surface area contributed by atoms with E-state index in [9.17, 15) is 0 Å². The summed E-state index contributed by atoms with van der Waals surface area (Å²) in [6.07, 6.45) is 3.59. The number of rotatable bonds is 2. The fourth-order valence-electron chi connectivity index (χ4n) is 2.02. The number of hydrogen-bond acceptors (Lipinski definition) is 2. The van der Waals surface area contributed by atoms with Gasteiger partial charge in [-0.2, -0.15) is 0 Å². The quantitative estimate of drug-likeness (QED) is 0.728. The fourth-order valence-corrected chi connectivity index (χ4v) is 2.02. The van der Waals surface area contributed by atoms with Crippen molar-refractivity contribution in [2.45, 2.75) is 19.3 Å². The first-order valence-electron chi connectivity index (χ1n) is 5.27. The smallest absolute Gasteiger partial charge is 0.0497 e. The monoisotopic (exact) mass is 191 g/mol. The molecule has 2 heteroatoms. The summed E-state index contributed by atoms with van der Waals surface area (Å²) < 4.78 is 5.45. The summed E-state index contributed by atoms with van der Waals surface area (Å²) in [7, 11) is 0. The van der Waals surface area contributed by atoms with Crippen molar-refractivity contribution in [2.75, 3.05) is 18.9 Å². The second kappa shape index (κ2) is 4.47. The molecule has 1 unspecified atom stereocenters. The van der Waals surface area contributed by atoms with Gasteiger partial charge in [-0.15, -0.1) is 0 Å². The first kappa shape index (κ1) is 9.53. The van der Waals surface area contributed by atoms with Gasteiger partial charge in [0.15, 0.2) is 0 Å². The van der Waals surface area contributed by atoms with Crippen LogP contribution in [-0.2, 0) is 11.2 Å². The van der Waals surface area contributed by atoms with E-state index in [0.717, 1.165) is 25.3 Å². The summed E-state index contributed by atoms with van der Waals surface area (Å²) in [4.78, 5) is 0. The standard InChI is InChI=1S/C12H17NO/c13-12-5-1-3-10(8-12)7-11-4-2-6-14-9-11/h1,3,5,8,11H,2,4,6-7,9,13H2. The minimum Gasteiger partial charge on any atom is -0.399 e. The van der Waals surface area contributed by atoms with E-state index in [1.54, 1.807) is 0 Å². The van der Waals surface area contributed by atoms with Crippen LogP contribution in [0.25, 0.3) is 0 Å². The maximum Gasteiger partial charge on any atom is 0.0497 e. The van der Waals surface area contributed by atoms with Crippen LogP contribution in [0.4, 0.5) is 5.69 Å². The van der Waals surface area contributed by atoms with Crippen molar-refractivity contribution in [1.82, 2.24) is 0 Å². The third kappa shape index (κ3) is 2.48. The molecule has 1 heterocycles. The van der Waals surface area contributed by atoms with Gasteiger partial charge in [0.25, 0.3) is 0 Å². The Labute approximate surface area is 85.1 Å². The van der Waals surface area contributed by atoms with E-state index >= 15 is 0 Å². The molecular weight excluding hydrogens is 174 g/mol. The molecule has 2 N–H and O–H groups in total. The van der Waals surface area contributed by atoms with Crippen molar-refractivity contribution >= 4 is 5.69 Å². The molecule has 14 heavy (non-hydrogen) atoms. The van der Waals surface area contributed by atoms with Gasteiger partial charge in [-0.05, 0) is 42.9 Å². The van der Waals surface area contributed by atoms with Crippen LogP contribution in [0, 0.1) is 5.92 Å². The molecule has 0 aromatic heterocycles. The molecule has 1 saturated heterocycles. The van der Waals surface area contributed by atoms with Gasteiger partial charge in [-0.1, -0.05) is 12.1 Å². The minimum atomic E-state index is 0.686. The van der Waals surface area contributed by atoms with Crippen molar-refractivity contribution in [2.24, 2.45) is 5.92 Å². The molecule has 0 radical (unpaired) electrons. The maximum absolute atomic E-state index is 5.73. The Kier molecular flexibility index (Phi) is 3.04. The van der Waals surface area contributed by atoms with Gasteiger partial charge < -0.3 is 10.5 Å². The number of hydrogen-bond donors (Lipinski definition) is 1. The maximum atomic E-state index is 5.73. The molecule has 1 aromatic rings. The lowest BCUT2D eigenvalue weighted by molar-refractivity contribution is 0.0550. The van der Waals surface area contributed by atoms with Crippen LogP contribution in [0.1, 0.15) is 18.4 Å². The zero-order valence-electron chi connectivity index (χ0n) is 8.41. The first-order chi connectivity index (χ1) is 6.84. The largest absolute Gasteiger partial charge is 0.399 e. The number of nitrogens with two attached hydrogens (primary N) is 1. The fraction of sp³-hybridized carbons (Fsp3) is 0.500. The highest BCUT2D eigenvalue weighted by Crippen LogP contribution is 2.19. The molecule has 0 amide bonds. The lowest BCUT2D eigenvalue weighted by Gasteiger charge is -2.21. The molecule has 0 saturated carbocycles. The molecule has 1 aliphatic heterocycles. The lowest BCUT2D eigenvalue weighted by Crippen LogP contribution is -2.19. The summed E-state index contributed by atoms with van der Waals surface area (Å²) in [6.45, 7) is 1.85. The molecule has 1 aromatic carbocycles. The van der Waals surface area contributed by atoms with Gasteiger partial charge in [0, 0.05) is 18.9 Å². The highest BCUT2D eigenvalue weighted by Gasteiger charge is 2.14. The zero-order chi connectivity index (χ0) is 9.80. The van der Waals surface area contributed by atoms with Gasteiger partial charge in [0.05, 0.1) is 0 Å². The van der Waals surface area contributed by atoms with Crippen LogP contribution in [0.5, 0.6) is 0 Å². The molecule has 0 bridgehead atoms. The van der Waals surface area contributed by atoms with Crippen LogP contribution < -0.4 is 5.73 Å². The van der Waals surface area contributed by atoms with Crippen LogP contribution in [0.2, 0.25) is 0 Å². The van der Waals surface area contributed by atoms with Crippen molar-refractivity contribution in [3.8, 4) is 0 Å². The second-order valence-electron chi connectivity index (χ2n) is 4.03. The molecule has 76 valence electrons. The van der Waals surface area contributed by atoms with Crippen LogP contribution in [0.3, 0.4) is 0 Å². The molecule has 1 atom stereocenters. The van der Waals surface area contributed by atoms with Gasteiger partial charge in [-0.25, -0.2) is 0 Å². The van der Waals surface area contributed by atoms with Crippen molar-refractivity contribution in [3.05, 3.63) is 29.8 Å². The Hall–Kier alpha value is -1.02. The zero-order valence-corrected chi connectivity index (χ0v) is 8.41. The highest BCUT2D eigenvalue weighted by molar-refractivity contribution is 5.40. The summed E-state index contributed by atoms with van der Waals surface area (Å²) in [5, 5.41) is 0. The summed E-state index contributed by atoms with van der Waals surface area (Å²) >= 11 is 0. The number of anilines is 1. The molecule has 1 fully saturated rings. The lowest BCUT2D eigenvalue weighted by atomic mass is 9.94. The third-order valence-electron chi connectivity index (χ3n) is 2.73. The number of benzene rings is 1. The predicted molar refractivity (Wildman–Crippen MR) is 58.1 cm³/mol. The van der Waals surface area contributed by atoms with Crippen LogP contribution in [0.15, 0.2) is 24.3 Å².